The molecule has 0 heterocycles. The minimum absolute atomic E-state index is 0.116. The topological polar surface area (TPSA) is 87.7 Å². The highest BCUT2D eigenvalue weighted by Gasteiger charge is 2.06. The summed E-state index contributed by atoms with van der Waals surface area (Å²) >= 11 is 0. The first kappa shape index (κ1) is 14.0. The minimum atomic E-state index is -0.409. The van der Waals surface area contributed by atoms with E-state index in [1.807, 2.05) is 0 Å². The van der Waals surface area contributed by atoms with Gasteiger partial charge >= 0.3 is 12.0 Å². The molecule has 0 saturated carbocycles. The lowest BCUT2D eigenvalue weighted by molar-refractivity contribution is 0.0526. The molecule has 2 amide bonds. The van der Waals surface area contributed by atoms with Crippen LogP contribution in [0.5, 0.6) is 0 Å². The molecule has 18 heavy (non-hydrogen) atoms. The van der Waals surface area contributed by atoms with E-state index in [9.17, 15) is 9.59 Å². The van der Waals surface area contributed by atoms with Gasteiger partial charge in [-0.2, -0.15) is 0 Å². The highest BCUT2D eigenvalue weighted by atomic mass is 16.5. The Kier molecular flexibility index (Phi) is 5.66. The van der Waals surface area contributed by atoms with E-state index < -0.39 is 12.0 Å². The minimum Gasteiger partial charge on any atom is -0.462 e. The van der Waals surface area contributed by atoms with Crippen molar-refractivity contribution in [2.45, 2.75) is 6.92 Å². The average Bonchev–Trinajstić information content (AvgIpc) is 2.37. The van der Waals surface area contributed by atoms with Crippen LogP contribution in [-0.4, -0.2) is 36.9 Å². The molecule has 0 saturated heterocycles. The number of hydrogen-bond donors (Lipinski definition) is 3. The van der Waals surface area contributed by atoms with Crippen LogP contribution in [-0.2, 0) is 4.74 Å². The predicted molar refractivity (Wildman–Crippen MR) is 66.5 cm³/mol. The zero-order valence-corrected chi connectivity index (χ0v) is 10.1. The van der Waals surface area contributed by atoms with Crippen molar-refractivity contribution in [1.82, 2.24) is 5.32 Å². The number of urea groups is 1. The first-order valence-corrected chi connectivity index (χ1v) is 5.60. The van der Waals surface area contributed by atoms with Crippen molar-refractivity contribution >= 4 is 17.7 Å². The van der Waals surface area contributed by atoms with E-state index in [0.717, 1.165) is 0 Å². The van der Waals surface area contributed by atoms with Gasteiger partial charge < -0.3 is 20.5 Å². The Balaban J connectivity index is 2.55. The summed E-state index contributed by atoms with van der Waals surface area (Å²) in [4.78, 5) is 22.6. The Hall–Kier alpha value is -2.08. The third-order valence-corrected chi connectivity index (χ3v) is 2.05. The molecule has 0 aliphatic rings. The van der Waals surface area contributed by atoms with Gasteiger partial charge in [0.15, 0.2) is 0 Å². The normalized spacial score (nSPS) is 9.67. The van der Waals surface area contributed by atoms with Gasteiger partial charge in [0, 0.05) is 12.2 Å². The fourth-order valence-electron chi connectivity index (χ4n) is 1.25. The Labute approximate surface area is 105 Å². The molecule has 0 aromatic heterocycles. The second-order valence-corrected chi connectivity index (χ2v) is 3.40. The molecule has 1 rings (SSSR count). The van der Waals surface area contributed by atoms with E-state index in [0.29, 0.717) is 17.9 Å². The molecular weight excluding hydrogens is 236 g/mol. The maximum Gasteiger partial charge on any atom is 0.338 e. The van der Waals surface area contributed by atoms with Crippen LogP contribution in [0.1, 0.15) is 17.3 Å². The third-order valence-electron chi connectivity index (χ3n) is 2.05. The number of aliphatic hydroxyl groups excluding tert-OH is 1. The highest BCUT2D eigenvalue weighted by molar-refractivity contribution is 5.92. The van der Waals surface area contributed by atoms with Crippen LogP contribution in [0.4, 0.5) is 10.5 Å². The number of esters is 1. The lowest BCUT2D eigenvalue weighted by atomic mass is 10.2. The van der Waals surface area contributed by atoms with Crippen LogP contribution >= 0.6 is 0 Å². The SMILES string of the molecule is CCOC(=O)c1ccc(NC(=O)NCCO)cc1. The summed E-state index contributed by atoms with van der Waals surface area (Å²) in [6.07, 6.45) is 0. The molecule has 0 aliphatic heterocycles. The molecule has 1 aromatic carbocycles. The van der Waals surface area contributed by atoms with Crippen LogP contribution in [0.2, 0.25) is 0 Å². The van der Waals surface area contributed by atoms with Crippen LogP contribution in [0.25, 0.3) is 0 Å². The van der Waals surface area contributed by atoms with Gasteiger partial charge in [0.25, 0.3) is 0 Å². The van der Waals surface area contributed by atoms with E-state index in [-0.39, 0.29) is 13.2 Å². The van der Waals surface area contributed by atoms with Gasteiger partial charge in [0.2, 0.25) is 0 Å². The van der Waals surface area contributed by atoms with Gasteiger partial charge in [-0.05, 0) is 31.2 Å². The number of benzene rings is 1. The number of carbonyl (C=O) groups excluding carboxylic acids is 2. The summed E-state index contributed by atoms with van der Waals surface area (Å²) in [5, 5.41) is 13.5. The van der Waals surface area contributed by atoms with Crippen LogP contribution < -0.4 is 10.6 Å². The van der Waals surface area contributed by atoms with Gasteiger partial charge in [-0.3, -0.25) is 0 Å². The summed E-state index contributed by atoms with van der Waals surface area (Å²) in [5.41, 5.74) is 0.983. The lowest BCUT2D eigenvalue weighted by Gasteiger charge is -2.07. The number of carbonyl (C=O) groups is 2. The third kappa shape index (κ3) is 4.42. The summed E-state index contributed by atoms with van der Waals surface area (Å²) in [6, 6.07) is 5.93. The molecule has 0 unspecified atom stereocenters. The monoisotopic (exact) mass is 252 g/mol. The number of amides is 2. The maximum absolute atomic E-state index is 11.4. The quantitative estimate of drug-likeness (QED) is 0.681. The largest absolute Gasteiger partial charge is 0.462 e. The van der Waals surface area contributed by atoms with E-state index in [1.54, 1.807) is 31.2 Å². The summed E-state index contributed by atoms with van der Waals surface area (Å²) in [6.45, 7) is 2.13. The van der Waals surface area contributed by atoms with Gasteiger partial charge in [-0.15, -0.1) is 0 Å². The molecule has 0 aliphatic carbocycles. The fourth-order valence-corrected chi connectivity index (χ4v) is 1.25. The summed E-state index contributed by atoms with van der Waals surface area (Å²) in [5.74, 6) is -0.395. The molecule has 0 atom stereocenters. The van der Waals surface area contributed by atoms with Crippen LogP contribution in [0.3, 0.4) is 0 Å². The number of hydrogen-bond acceptors (Lipinski definition) is 4. The summed E-state index contributed by atoms with van der Waals surface area (Å²) in [7, 11) is 0. The first-order valence-electron chi connectivity index (χ1n) is 5.60. The number of aliphatic hydroxyl groups is 1. The molecule has 6 nitrogen and oxygen atoms in total. The molecule has 98 valence electrons. The lowest BCUT2D eigenvalue weighted by Crippen LogP contribution is -2.30. The zero-order valence-electron chi connectivity index (χ0n) is 10.1. The molecule has 6 heteroatoms. The molecule has 0 bridgehead atoms. The molecule has 3 N–H and O–H groups in total. The van der Waals surface area contributed by atoms with Crippen molar-refractivity contribution in [2.24, 2.45) is 0 Å². The van der Waals surface area contributed by atoms with E-state index in [4.69, 9.17) is 9.84 Å². The van der Waals surface area contributed by atoms with Crippen molar-refractivity contribution in [3.8, 4) is 0 Å². The van der Waals surface area contributed by atoms with E-state index in [1.165, 1.54) is 0 Å². The van der Waals surface area contributed by atoms with Crippen molar-refractivity contribution in [3.63, 3.8) is 0 Å². The fraction of sp³-hybridized carbons (Fsp3) is 0.333. The smallest absolute Gasteiger partial charge is 0.338 e. The Morgan fingerprint density at radius 1 is 1.28 bits per heavy atom. The van der Waals surface area contributed by atoms with Crippen LogP contribution in [0.15, 0.2) is 24.3 Å². The maximum atomic E-state index is 11.4. The van der Waals surface area contributed by atoms with Gasteiger partial charge in [0.05, 0.1) is 18.8 Å². The molecule has 0 fully saturated rings. The van der Waals surface area contributed by atoms with Crippen molar-refractivity contribution in [1.29, 1.82) is 0 Å². The van der Waals surface area contributed by atoms with Gasteiger partial charge in [-0.25, -0.2) is 9.59 Å². The van der Waals surface area contributed by atoms with Crippen molar-refractivity contribution < 1.29 is 19.4 Å². The highest BCUT2D eigenvalue weighted by Crippen LogP contribution is 2.10. The number of rotatable bonds is 5. The second kappa shape index (κ2) is 7.29. The molecule has 0 radical (unpaired) electrons. The number of ether oxygens (including phenoxy) is 1. The molecule has 1 aromatic rings. The van der Waals surface area contributed by atoms with Gasteiger partial charge in [0.1, 0.15) is 0 Å². The van der Waals surface area contributed by atoms with E-state index in [2.05, 4.69) is 10.6 Å². The molecule has 0 spiro atoms. The van der Waals surface area contributed by atoms with Gasteiger partial charge in [-0.1, -0.05) is 0 Å². The predicted octanol–water partition coefficient (Wildman–Crippen LogP) is 0.977. The van der Waals surface area contributed by atoms with Crippen molar-refractivity contribution in [2.75, 3.05) is 25.1 Å². The van der Waals surface area contributed by atoms with E-state index >= 15 is 0 Å². The summed E-state index contributed by atoms with van der Waals surface area (Å²) < 4.78 is 4.84. The molecular formula is C12H16N2O4. The number of nitrogens with one attached hydrogen (secondary N) is 2. The zero-order chi connectivity index (χ0) is 13.4. The van der Waals surface area contributed by atoms with Crippen molar-refractivity contribution in [3.05, 3.63) is 29.8 Å². The number of anilines is 1. The average molecular weight is 252 g/mol. The Morgan fingerprint density at radius 2 is 1.94 bits per heavy atom. The van der Waals surface area contributed by atoms with Crippen LogP contribution in [0, 0.1) is 0 Å². The Bertz CT molecular complexity index is 403. The second-order valence-electron chi connectivity index (χ2n) is 3.40. The standard InChI is InChI=1S/C12H16N2O4/c1-2-18-11(16)9-3-5-10(6-4-9)14-12(17)13-7-8-15/h3-6,15H,2,7-8H2,1H3,(H2,13,14,17). The first-order chi connectivity index (χ1) is 8.67. The Morgan fingerprint density at radius 3 is 2.50 bits per heavy atom.